The summed E-state index contributed by atoms with van der Waals surface area (Å²) in [6.45, 7) is 4.29. The molecule has 1 aromatic carbocycles. The van der Waals surface area contributed by atoms with Crippen LogP contribution in [0.15, 0.2) is 30.3 Å². The molecule has 0 spiro atoms. The van der Waals surface area contributed by atoms with Gasteiger partial charge in [0, 0.05) is 23.9 Å². The lowest BCUT2D eigenvalue weighted by Crippen LogP contribution is -2.30. The summed E-state index contributed by atoms with van der Waals surface area (Å²) < 4.78 is 0.911. The van der Waals surface area contributed by atoms with Gasteiger partial charge in [0.1, 0.15) is 0 Å². The van der Waals surface area contributed by atoms with Gasteiger partial charge in [-0.15, -0.1) is 11.3 Å². The number of rotatable bonds is 1. The van der Waals surface area contributed by atoms with Gasteiger partial charge in [0.2, 0.25) is 0 Å². The number of halogens is 1. The second kappa shape index (κ2) is 4.69. The van der Waals surface area contributed by atoms with E-state index in [4.69, 9.17) is 11.6 Å². The van der Waals surface area contributed by atoms with Crippen LogP contribution in [0.2, 0.25) is 4.34 Å². The summed E-state index contributed by atoms with van der Waals surface area (Å²) in [4.78, 5) is 3.80. The Morgan fingerprint density at radius 1 is 1.28 bits per heavy atom. The number of nitrogens with zero attached hydrogens (tertiary/aromatic N) is 1. The summed E-state index contributed by atoms with van der Waals surface area (Å²) in [5.74, 6) is 0.462. The van der Waals surface area contributed by atoms with E-state index in [1.54, 1.807) is 11.3 Å². The first kappa shape index (κ1) is 12.2. The first-order chi connectivity index (χ1) is 8.65. The molecule has 1 aromatic heterocycles. The van der Waals surface area contributed by atoms with Crippen molar-refractivity contribution in [1.29, 1.82) is 0 Å². The molecule has 0 bridgehead atoms. The number of aryl methyl sites for hydroxylation is 1. The van der Waals surface area contributed by atoms with Crippen LogP contribution in [0, 0.1) is 6.92 Å². The van der Waals surface area contributed by atoms with Gasteiger partial charge < -0.3 is 4.90 Å². The monoisotopic (exact) mass is 277 g/mol. The molecule has 1 nitrogen and oxygen atoms in total. The standard InChI is InChI=1S/C15H16ClNS/c1-10-5-3-4-6-11(10)13-8-17(2)9-14-12(13)7-15(16)18-14/h3-7,13H,8-9H2,1-2H3. The van der Waals surface area contributed by atoms with Crippen LogP contribution in [-0.4, -0.2) is 18.5 Å². The summed E-state index contributed by atoms with van der Waals surface area (Å²) in [6.07, 6.45) is 0. The molecule has 3 rings (SSSR count). The van der Waals surface area contributed by atoms with Crippen molar-refractivity contribution >= 4 is 22.9 Å². The van der Waals surface area contributed by atoms with Crippen LogP contribution in [-0.2, 0) is 6.54 Å². The van der Waals surface area contributed by atoms with Crippen molar-refractivity contribution in [2.45, 2.75) is 19.4 Å². The summed E-state index contributed by atoms with van der Waals surface area (Å²) in [5, 5.41) is 0. The maximum absolute atomic E-state index is 6.19. The average molecular weight is 278 g/mol. The highest BCUT2D eigenvalue weighted by atomic mass is 35.5. The number of hydrogen-bond acceptors (Lipinski definition) is 2. The predicted molar refractivity (Wildman–Crippen MR) is 78.7 cm³/mol. The summed E-state index contributed by atoms with van der Waals surface area (Å²) >= 11 is 7.91. The Labute approximate surface area is 117 Å². The van der Waals surface area contributed by atoms with Gasteiger partial charge in [-0.1, -0.05) is 35.9 Å². The maximum Gasteiger partial charge on any atom is 0.0934 e. The third-order valence-electron chi connectivity index (χ3n) is 3.66. The molecule has 94 valence electrons. The summed E-state index contributed by atoms with van der Waals surface area (Å²) in [6, 6.07) is 10.8. The van der Waals surface area contributed by atoms with E-state index in [1.807, 2.05) is 0 Å². The van der Waals surface area contributed by atoms with Crippen molar-refractivity contribution in [3.05, 3.63) is 56.2 Å². The van der Waals surface area contributed by atoms with E-state index in [0.29, 0.717) is 5.92 Å². The number of hydrogen-bond donors (Lipinski definition) is 0. The highest BCUT2D eigenvalue weighted by Gasteiger charge is 2.27. The van der Waals surface area contributed by atoms with E-state index in [-0.39, 0.29) is 0 Å². The van der Waals surface area contributed by atoms with Crippen LogP contribution in [0.3, 0.4) is 0 Å². The Hall–Kier alpha value is -0.830. The molecule has 0 radical (unpaired) electrons. The van der Waals surface area contributed by atoms with E-state index in [9.17, 15) is 0 Å². The molecule has 0 fully saturated rings. The van der Waals surface area contributed by atoms with Crippen molar-refractivity contribution in [1.82, 2.24) is 4.90 Å². The molecule has 3 heteroatoms. The largest absolute Gasteiger partial charge is 0.300 e. The minimum absolute atomic E-state index is 0.462. The fourth-order valence-corrected chi connectivity index (χ4v) is 4.21. The smallest absolute Gasteiger partial charge is 0.0934 e. The molecule has 0 saturated heterocycles. The summed E-state index contributed by atoms with van der Waals surface area (Å²) in [5.41, 5.74) is 4.23. The number of benzene rings is 1. The first-order valence-electron chi connectivity index (χ1n) is 6.17. The van der Waals surface area contributed by atoms with Gasteiger partial charge in [0.25, 0.3) is 0 Å². The van der Waals surface area contributed by atoms with Crippen LogP contribution in [0.5, 0.6) is 0 Å². The molecule has 2 aromatic rings. The lowest BCUT2D eigenvalue weighted by molar-refractivity contribution is 0.299. The van der Waals surface area contributed by atoms with E-state index in [0.717, 1.165) is 17.4 Å². The molecular formula is C15H16ClNS. The van der Waals surface area contributed by atoms with Gasteiger partial charge in [0.15, 0.2) is 0 Å². The number of likely N-dealkylation sites (N-methyl/N-ethyl adjacent to an activating group) is 1. The lowest BCUT2D eigenvalue weighted by atomic mass is 9.86. The van der Waals surface area contributed by atoms with Gasteiger partial charge in [-0.25, -0.2) is 0 Å². The molecule has 0 N–H and O–H groups in total. The second-order valence-electron chi connectivity index (χ2n) is 5.03. The molecule has 0 amide bonds. The maximum atomic E-state index is 6.19. The number of fused-ring (bicyclic) bond motifs is 1. The minimum Gasteiger partial charge on any atom is -0.300 e. The van der Waals surface area contributed by atoms with Crippen LogP contribution >= 0.6 is 22.9 Å². The predicted octanol–water partition coefficient (Wildman–Crippen LogP) is 4.29. The SMILES string of the molecule is Cc1ccccc1C1CN(C)Cc2sc(Cl)cc21. The Bertz CT molecular complexity index is 576. The molecule has 2 heterocycles. The van der Waals surface area contributed by atoms with Crippen molar-refractivity contribution < 1.29 is 0 Å². The van der Waals surface area contributed by atoms with E-state index >= 15 is 0 Å². The quantitative estimate of drug-likeness (QED) is 0.752. The van der Waals surface area contributed by atoms with Crippen LogP contribution in [0.25, 0.3) is 0 Å². The van der Waals surface area contributed by atoms with E-state index in [2.05, 4.69) is 49.2 Å². The van der Waals surface area contributed by atoms with Gasteiger partial charge in [-0.2, -0.15) is 0 Å². The molecule has 18 heavy (non-hydrogen) atoms. The zero-order chi connectivity index (χ0) is 12.7. The molecule has 1 atom stereocenters. The topological polar surface area (TPSA) is 3.24 Å². The van der Waals surface area contributed by atoms with E-state index < -0.39 is 0 Å². The molecule has 1 unspecified atom stereocenters. The molecule has 0 saturated carbocycles. The third kappa shape index (κ3) is 2.09. The highest BCUT2D eigenvalue weighted by Crippen LogP contribution is 2.40. The van der Waals surface area contributed by atoms with Crippen molar-refractivity contribution in [2.75, 3.05) is 13.6 Å². The minimum atomic E-state index is 0.462. The zero-order valence-corrected chi connectivity index (χ0v) is 12.2. The summed E-state index contributed by atoms with van der Waals surface area (Å²) in [7, 11) is 2.18. The second-order valence-corrected chi connectivity index (χ2v) is 6.80. The molecular weight excluding hydrogens is 262 g/mol. The zero-order valence-electron chi connectivity index (χ0n) is 10.6. The third-order valence-corrected chi connectivity index (χ3v) is 4.92. The molecule has 0 aliphatic carbocycles. The molecule has 1 aliphatic heterocycles. The number of thiophene rings is 1. The normalized spacial score (nSPS) is 19.8. The van der Waals surface area contributed by atoms with Crippen molar-refractivity contribution in [3.8, 4) is 0 Å². The van der Waals surface area contributed by atoms with Gasteiger partial charge in [0.05, 0.1) is 4.34 Å². The Morgan fingerprint density at radius 3 is 2.83 bits per heavy atom. The van der Waals surface area contributed by atoms with Crippen LogP contribution in [0.1, 0.15) is 27.5 Å². The van der Waals surface area contributed by atoms with Crippen LogP contribution in [0.4, 0.5) is 0 Å². The Kier molecular flexibility index (Phi) is 3.18. The first-order valence-corrected chi connectivity index (χ1v) is 7.37. The lowest BCUT2D eigenvalue weighted by Gasteiger charge is -2.31. The van der Waals surface area contributed by atoms with Gasteiger partial charge in [-0.05, 0) is 36.7 Å². The van der Waals surface area contributed by atoms with Gasteiger partial charge in [-0.3, -0.25) is 0 Å². The Balaban J connectivity index is 2.10. The average Bonchev–Trinajstić information content (AvgIpc) is 2.69. The Morgan fingerprint density at radius 2 is 2.06 bits per heavy atom. The fraction of sp³-hybridized carbons (Fsp3) is 0.333. The van der Waals surface area contributed by atoms with Crippen molar-refractivity contribution in [2.24, 2.45) is 0 Å². The van der Waals surface area contributed by atoms with E-state index in [1.165, 1.54) is 21.6 Å². The fourth-order valence-electron chi connectivity index (χ4n) is 2.79. The highest BCUT2D eigenvalue weighted by molar-refractivity contribution is 7.16. The molecule has 1 aliphatic rings. The van der Waals surface area contributed by atoms with Gasteiger partial charge >= 0.3 is 0 Å². The van der Waals surface area contributed by atoms with Crippen molar-refractivity contribution in [3.63, 3.8) is 0 Å². The van der Waals surface area contributed by atoms with Crippen LogP contribution < -0.4 is 0 Å².